The van der Waals surface area contributed by atoms with Crippen LogP contribution in [0.15, 0.2) is 53.0 Å². The number of hydrogen-bond acceptors (Lipinski definition) is 2. The Balaban J connectivity index is 1.90. The maximum Gasteiger partial charge on any atom is 0.471 e. The van der Waals surface area contributed by atoms with Crippen LogP contribution in [0.1, 0.15) is 17.5 Å². The second kappa shape index (κ2) is 8.84. The van der Waals surface area contributed by atoms with Crippen molar-refractivity contribution in [3.05, 3.63) is 64.1 Å². The van der Waals surface area contributed by atoms with E-state index >= 15 is 0 Å². The Hall–Kier alpha value is -2.35. The maximum absolute atomic E-state index is 12.4. The number of carbonyl (C=O) groups is 2. The zero-order chi connectivity index (χ0) is 19.2. The summed E-state index contributed by atoms with van der Waals surface area (Å²) in [4.78, 5) is 23.1. The number of hydrogen-bond donors (Lipinski definition) is 2. The first-order chi connectivity index (χ1) is 12.3. The van der Waals surface area contributed by atoms with E-state index in [4.69, 9.17) is 0 Å². The minimum Gasteiger partial charge on any atom is -0.352 e. The first kappa shape index (κ1) is 20.0. The fourth-order valence-electron chi connectivity index (χ4n) is 2.22. The quantitative estimate of drug-likeness (QED) is 0.724. The van der Waals surface area contributed by atoms with Gasteiger partial charge in [0.2, 0.25) is 5.91 Å². The third kappa shape index (κ3) is 6.18. The highest BCUT2D eigenvalue weighted by Gasteiger charge is 2.38. The standard InChI is InChI=1S/C18H16BrF3N2O2/c19-14-6-3-4-12(10-14)8-9-16(25)23-11-13-5-1-2-7-15(13)24-17(26)18(20,21)22/h1-7,10H,8-9,11H2,(H,23,25)(H,24,26). The lowest BCUT2D eigenvalue weighted by molar-refractivity contribution is -0.167. The monoisotopic (exact) mass is 428 g/mol. The highest BCUT2D eigenvalue weighted by molar-refractivity contribution is 9.10. The first-order valence-corrected chi connectivity index (χ1v) is 8.52. The van der Waals surface area contributed by atoms with Gasteiger partial charge in [0, 0.05) is 23.1 Å². The van der Waals surface area contributed by atoms with Crippen molar-refractivity contribution in [2.75, 3.05) is 5.32 Å². The molecule has 0 saturated heterocycles. The summed E-state index contributed by atoms with van der Waals surface area (Å²) >= 11 is 3.36. The highest BCUT2D eigenvalue weighted by atomic mass is 79.9. The number of aryl methyl sites for hydroxylation is 1. The Labute approximate surface area is 156 Å². The Morgan fingerprint density at radius 1 is 1.04 bits per heavy atom. The van der Waals surface area contributed by atoms with Crippen molar-refractivity contribution in [3.63, 3.8) is 0 Å². The van der Waals surface area contributed by atoms with E-state index in [0.717, 1.165) is 10.0 Å². The molecule has 0 aliphatic heterocycles. The molecule has 0 aliphatic rings. The second-order valence-electron chi connectivity index (χ2n) is 5.52. The van der Waals surface area contributed by atoms with Crippen LogP contribution in [0.3, 0.4) is 0 Å². The van der Waals surface area contributed by atoms with Gasteiger partial charge in [0.25, 0.3) is 0 Å². The molecule has 2 N–H and O–H groups in total. The molecule has 0 fully saturated rings. The van der Waals surface area contributed by atoms with Crippen LogP contribution >= 0.6 is 15.9 Å². The smallest absolute Gasteiger partial charge is 0.352 e. The third-order valence-electron chi connectivity index (χ3n) is 3.53. The van der Waals surface area contributed by atoms with Crippen LogP contribution in [0.5, 0.6) is 0 Å². The van der Waals surface area contributed by atoms with Crippen LogP contribution in [-0.2, 0) is 22.6 Å². The minimum atomic E-state index is -4.97. The summed E-state index contributed by atoms with van der Waals surface area (Å²) in [6.07, 6.45) is -4.19. The minimum absolute atomic E-state index is 0.0158. The normalized spacial score (nSPS) is 11.1. The van der Waals surface area contributed by atoms with Gasteiger partial charge in [-0.25, -0.2) is 0 Å². The molecule has 0 atom stereocenters. The summed E-state index contributed by atoms with van der Waals surface area (Å²) in [6.45, 7) is 0.0195. The lowest BCUT2D eigenvalue weighted by Crippen LogP contribution is -2.31. The van der Waals surface area contributed by atoms with Gasteiger partial charge in [0.1, 0.15) is 0 Å². The van der Waals surface area contributed by atoms with E-state index in [1.807, 2.05) is 29.6 Å². The summed E-state index contributed by atoms with van der Waals surface area (Å²) < 4.78 is 38.1. The number of nitrogens with one attached hydrogen (secondary N) is 2. The molecule has 0 unspecified atom stereocenters. The van der Waals surface area contributed by atoms with Crippen LogP contribution in [0.25, 0.3) is 0 Å². The van der Waals surface area contributed by atoms with Crippen molar-refractivity contribution in [2.45, 2.75) is 25.6 Å². The largest absolute Gasteiger partial charge is 0.471 e. The molecule has 2 rings (SSSR count). The van der Waals surface area contributed by atoms with Gasteiger partial charge in [-0.15, -0.1) is 0 Å². The zero-order valence-electron chi connectivity index (χ0n) is 13.6. The van der Waals surface area contributed by atoms with Gasteiger partial charge in [-0.05, 0) is 35.7 Å². The van der Waals surface area contributed by atoms with E-state index < -0.39 is 12.1 Å². The van der Waals surface area contributed by atoms with Gasteiger partial charge >= 0.3 is 12.1 Å². The van der Waals surface area contributed by atoms with Gasteiger partial charge in [-0.1, -0.05) is 46.3 Å². The van der Waals surface area contributed by atoms with E-state index in [-0.39, 0.29) is 24.6 Å². The van der Waals surface area contributed by atoms with E-state index in [0.29, 0.717) is 12.0 Å². The van der Waals surface area contributed by atoms with E-state index in [1.54, 1.807) is 12.1 Å². The fraction of sp³-hybridized carbons (Fsp3) is 0.222. The van der Waals surface area contributed by atoms with Crippen molar-refractivity contribution in [1.29, 1.82) is 0 Å². The van der Waals surface area contributed by atoms with E-state index in [2.05, 4.69) is 21.2 Å². The number of halogens is 4. The van der Waals surface area contributed by atoms with Gasteiger partial charge < -0.3 is 10.6 Å². The summed E-state index contributed by atoms with van der Waals surface area (Å²) in [6, 6.07) is 13.6. The van der Waals surface area contributed by atoms with Crippen molar-refractivity contribution >= 4 is 33.4 Å². The Kier molecular flexibility index (Phi) is 6.79. The van der Waals surface area contributed by atoms with Crippen LogP contribution in [0.2, 0.25) is 0 Å². The summed E-state index contributed by atoms with van der Waals surface area (Å²) in [7, 11) is 0. The average molecular weight is 429 g/mol. The van der Waals surface area contributed by atoms with E-state index in [1.165, 1.54) is 12.1 Å². The molecule has 2 aromatic carbocycles. The SMILES string of the molecule is O=C(CCc1cccc(Br)c1)NCc1ccccc1NC(=O)C(F)(F)F. The fourth-order valence-corrected chi connectivity index (χ4v) is 2.67. The molecule has 0 bridgehead atoms. The molecule has 2 amide bonds. The van der Waals surface area contributed by atoms with Crippen molar-refractivity contribution < 1.29 is 22.8 Å². The molecule has 138 valence electrons. The topological polar surface area (TPSA) is 58.2 Å². The molecule has 0 saturated carbocycles. The molecule has 0 spiro atoms. The summed E-state index contributed by atoms with van der Waals surface area (Å²) in [5, 5.41) is 4.47. The predicted octanol–water partition coefficient (Wildman–Crippen LogP) is 4.20. The van der Waals surface area contributed by atoms with Gasteiger partial charge in [-0.2, -0.15) is 13.2 Å². The maximum atomic E-state index is 12.4. The highest BCUT2D eigenvalue weighted by Crippen LogP contribution is 2.21. The van der Waals surface area contributed by atoms with Crippen LogP contribution in [0.4, 0.5) is 18.9 Å². The average Bonchev–Trinajstić information content (AvgIpc) is 2.58. The van der Waals surface area contributed by atoms with Crippen molar-refractivity contribution in [1.82, 2.24) is 5.32 Å². The predicted molar refractivity (Wildman–Crippen MR) is 95.4 cm³/mol. The van der Waals surface area contributed by atoms with Crippen molar-refractivity contribution in [2.24, 2.45) is 0 Å². The lowest BCUT2D eigenvalue weighted by Gasteiger charge is -2.13. The van der Waals surface area contributed by atoms with Crippen LogP contribution in [0, 0.1) is 0 Å². The molecule has 26 heavy (non-hydrogen) atoms. The summed E-state index contributed by atoms with van der Waals surface area (Å²) in [5.74, 6) is -2.28. The molecule has 4 nitrogen and oxygen atoms in total. The molecule has 8 heteroatoms. The number of alkyl halides is 3. The zero-order valence-corrected chi connectivity index (χ0v) is 15.2. The molecular weight excluding hydrogens is 413 g/mol. The summed E-state index contributed by atoms with van der Waals surface area (Å²) in [5.41, 5.74) is 1.40. The molecule has 0 radical (unpaired) electrons. The molecule has 0 heterocycles. The van der Waals surface area contributed by atoms with Gasteiger partial charge in [0.05, 0.1) is 0 Å². The molecule has 2 aromatic rings. The van der Waals surface area contributed by atoms with Crippen molar-refractivity contribution in [3.8, 4) is 0 Å². The number of para-hydroxylation sites is 1. The first-order valence-electron chi connectivity index (χ1n) is 7.73. The Morgan fingerprint density at radius 2 is 1.77 bits per heavy atom. The number of rotatable bonds is 6. The Morgan fingerprint density at radius 3 is 2.46 bits per heavy atom. The lowest BCUT2D eigenvalue weighted by atomic mass is 10.1. The van der Waals surface area contributed by atoms with Gasteiger partial charge in [0.15, 0.2) is 0 Å². The third-order valence-corrected chi connectivity index (χ3v) is 4.02. The number of benzene rings is 2. The Bertz CT molecular complexity index is 794. The second-order valence-corrected chi connectivity index (χ2v) is 6.43. The molecular formula is C18H16BrF3N2O2. The number of carbonyl (C=O) groups excluding carboxylic acids is 2. The number of amides is 2. The van der Waals surface area contributed by atoms with Crippen LogP contribution in [-0.4, -0.2) is 18.0 Å². The number of anilines is 1. The van der Waals surface area contributed by atoms with Gasteiger partial charge in [-0.3, -0.25) is 9.59 Å². The van der Waals surface area contributed by atoms with E-state index in [9.17, 15) is 22.8 Å². The molecule has 0 aromatic heterocycles. The van der Waals surface area contributed by atoms with Crippen LogP contribution < -0.4 is 10.6 Å². The molecule has 0 aliphatic carbocycles.